The number of amides is 2. The van der Waals surface area contributed by atoms with E-state index in [2.05, 4.69) is 0 Å². The van der Waals surface area contributed by atoms with Crippen LogP contribution in [0, 0.1) is 11.8 Å². The first-order valence-electron chi connectivity index (χ1n) is 12.1. The predicted molar refractivity (Wildman–Crippen MR) is 136 cm³/mol. The van der Waals surface area contributed by atoms with Gasteiger partial charge >= 0.3 is 0 Å². The lowest BCUT2D eigenvalue weighted by Gasteiger charge is -2.50. The number of aliphatic hydroxyl groups is 3. The normalized spacial score (nSPS) is 26.7. The number of hydrogen-bond donors (Lipinski definition) is 6. The van der Waals surface area contributed by atoms with Crippen LogP contribution in [0.2, 0.25) is 0 Å². The number of aliphatic hydroxyl groups excluding tert-OH is 2. The molecule has 12 heteroatoms. The molecule has 204 valence electrons. The Labute approximate surface area is 218 Å². The third-order valence-electron chi connectivity index (χ3n) is 7.90. The summed E-state index contributed by atoms with van der Waals surface area (Å²) in [4.78, 5) is 53.8. The number of rotatable bonds is 6. The summed E-state index contributed by atoms with van der Waals surface area (Å²) in [5.74, 6) is -7.63. The molecule has 2 amide bonds. The summed E-state index contributed by atoms with van der Waals surface area (Å²) in [6.45, 7) is 0. The maximum atomic E-state index is 13.9. The standard InChI is InChI=1S/C26H32N4O8/c1-29(2)14-9-10(5-6-15(27)31)20(32)17-12(14)7-11-8-13-19(30(3)4)22(34)18(25(28)37)24(36)26(13,38)23(35)16(11)21(17)33/h9,11,13,19,32-33,36,38H,5-8H2,1-4H3,(H2,27,31)(H2,28,37). The van der Waals surface area contributed by atoms with Crippen LogP contribution in [0.5, 0.6) is 5.75 Å². The van der Waals surface area contributed by atoms with Crippen molar-refractivity contribution < 1.29 is 39.6 Å². The Hall–Kier alpha value is -3.90. The van der Waals surface area contributed by atoms with E-state index in [0.29, 0.717) is 16.8 Å². The van der Waals surface area contributed by atoms with Crippen molar-refractivity contribution in [1.82, 2.24) is 4.90 Å². The second-order valence-corrected chi connectivity index (χ2v) is 10.6. The minimum absolute atomic E-state index is 0.00280. The number of aromatic hydroxyl groups is 1. The molecule has 0 aromatic heterocycles. The van der Waals surface area contributed by atoms with E-state index in [0.717, 1.165) is 0 Å². The van der Waals surface area contributed by atoms with E-state index in [1.807, 2.05) is 0 Å². The summed E-state index contributed by atoms with van der Waals surface area (Å²) in [6, 6.07) is 0.543. The fourth-order valence-corrected chi connectivity index (χ4v) is 6.19. The van der Waals surface area contributed by atoms with Gasteiger partial charge in [0, 0.05) is 37.7 Å². The molecule has 0 heterocycles. The average Bonchev–Trinajstić information content (AvgIpc) is 2.80. The molecular formula is C26H32N4O8. The van der Waals surface area contributed by atoms with Crippen molar-refractivity contribution in [2.45, 2.75) is 37.3 Å². The van der Waals surface area contributed by atoms with Gasteiger partial charge < -0.3 is 36.8 Å². The molecule has 0 aliphatic heterocycles. The summed E-state index contributed by atoms with van der Waals surface area (Å²) < 4.78 is 0. The van der Waals surface area contributed by atoms with Gasteiger partial charge in [-0.1, -0.05) is 0 Å². The topological polar surface area (TPSA) is 208 Å². The second kappa shape index (κ2) is 9.14. The van der Waals surface area contributed by atoms with Crippen LogP contribution in [0.25, 0.3) is 5.76 Å². The van der Waals surface area contributed by atoms with Crippen LogP contribution in [0.3, 0.4) is 0 Å². The number of carbonyl (C=O) groups excluding carboxylic acids is 4. The summed E-state index contributed by atoms with van der Waals surface area (Å²) in [6.07, 6.45) is 0.196. The van der Waals surface area contributed by atoms with Crippen LogP contribution in [0.1, 0.15) is 29.5 Å². The smallest absolute Gasteiger partial charge is 0.255 e. The van der Waals surface area contributed by atoms with E-state index in [9.17, 15) is 39.6 Å². The van der Waals surface area contributed by atoms with E-state index < -0.39 is 64.0 Å². The van der Waals surface area contributed by atoms with Gasteiger partial charge in [0.1, 0.15) is 22.8 Å². The lowest BCUT2D eigenvalue weighted by molar-refractivity contribution is -0.153. The van der Waals surface area contributed by atoms with Crippen molar-refractivity contribution in [2.24, 2.45) is 23.3 Å². The number of hydrogen-bond acceptors (Lipinski definition) is 10. The summed E-state index contributed by atoms with van der Waals surface area (Å²) in [5, 5.41) is 45.1. The van der Waals surface area contributed by atoms with Gasteiger partial charge in [0.2, 0.25) is 11.7 Å². The van der Waals surface area contributed by atoms with Gasteiger partial charge in [-0.15, -0.1) is 0 Å². The largest absolute Gasteiger partial charge is 0.508 e. The number of phenols is 1. The number of carbonyl (C=O) groups is 4. The fraction of sp³-hybridized carbons (Fsp3) is 0.462. The number of primary amides is 2. The van der Waals surface area contributed by atoms with Crippen molar-refractivity contribution >= 4 is 34.8 Å². The highest BCUT2D eigenvalue weighted by Gasteiger charge is 2.64. The molecule has 3 aliphatic carbocycles. The molecule has 8 N–H and O–H groups in total. The number of phenolic OH excluding ortho intramolecular Hbond substituents is 1. The third-order valence-corrected chi connectivity index (χ3v) is 7.90. The molecule has 4 unspecified atom stereocenters. The van der Waals surface area contributed by atoms with E-state index in [-0.39, 0.29) is 42.6 Å². The molecular weight excluding hydrogens is 496 g/mol. The molecule has 1 fully saturated rings. The van der Waals surface area contributed by atoms with Crippen LogP contribution >= 0.6 is 0 Å². The van der Waals surface area contributed by atoms with Crippen molar-refractivity contribution in [3.8, 4) is 5.75 Å². The number of ketones is 2. The maximum absolute atomic E-state index is 13.9. The van der Waals surface area contributed by atoms with Gasteiger partial charge in [-0.25, -0.2) is 0 Å². The number of anilines is 1. The lowest BCUT2D eigenvalue weighted by atomic mass is 9.57. The number of fused-ring (bicyclic) bond motifs is 3. The average molecular weight is 529 g/mol. The SMILES string of the molecule is CN(C)c1cc(CCC(N)=O)c(O)c2c1CC1CC3C(N(C)C)C(=O)C(C(N)=O)=C(O)C3(O)C(=O)C1=C2O. The number of benzene rings is 1. The zero-order valence-electron chi connectivity index (χ0n) is 21.6. The number of nitrogens with two attached hydrogens (primary N) is 2. The molecule has 1 aromatic carbocycles. The van der Waals surface area contributed by atoms with E-state index in [1.54, 1.807) is 39.2 Å². The first kappa shape index (κ1) is 27.1. The third kappa shape index (κ3) is 3.74. The predicted octanol–water partition coefficient (Wildman–Crippen LogP) is -0.552. The molecule has 1 saturated carbocycles. The molecule has 38 heavy (non-hydrogen) atoms. The Morgan fingerprint density at radius 1 is 1.11 bits per heavy atom. The Balaban J connectivity index is 1.97. The lowest BCUT2D eigenvalue weighted by Crippen LogP contribution is -2.65. The van der Waals surface area contributed by atoms with Crippen molar-refractivity contribution in [2.75, 3.05) is 33.1 Å². The zero-order valence-corrected chi connectivity index (χ0v) is 21.6. The van der Waals surface area contributed by atoms with Gasteiger partial charge in [-0.05, 0) is 56.5 Å². The molecule has 0 bridgehead atoms. The van der Waals surface area contributed by atoms with E-state index >= 15 is 0 Å². The highest BCUT2D eigenvalue weighted by Crippen LogP contribution is 2.54. The van der Waals surface area contributed by atoms with E-state index in [4.69, 9.17) is 11.5 Å². The van der Waals surface area contributed by atoms with Gasteiger partial charge in [-0.3, -0.25) is 24.1 Å². The Kier molecular flexibility index (Phi) is 6.53. The Morgan fingerprint density at radius 2 is 1.74 bits per heavy atom. The minimum atomic E-state index is -2.70. The Bertz CT molecular complexity index is 1340. The van der Waals surface area contributed by atoms with Crippen LogP contribution in [-0.2, 0) is 32.0 Å². The number of nitrogens with zero attached hydrogens (tertiary/aromatic N) is 2. The fourth-order valence-electron chi connectivity index (χ4n) is 6.19. The van der Waals surface area contributed by atoms with Crippen molar-refractivity contribution in [3.05, 3.63) is 39.7 Å². The second-order valence-electron chi connectivity index (χ2n) is 10.6. The molecule has 1 aromatic rings. The molecule has 0 saturated heterocycles. The van der Waals surface area contributed by atoms with Crippen molar-refractivity contribution in [3.63, 3.8) is 0 Å². The van der Waals surface area contributed by atoms with Gasteiger partial charge in [0.15, 0.2) is 11.4 Å². The quantitative estimate of drug-likeness (QED) is 0.260. The molecule has 0 spiro atoms. The minimum Gasteiger partial charge on any atom is -0.508 e. The monoisotopic (exact) mass is 528 g/mol. The number of Topliss-reactive ketones (excluding diaryl/α,β-unsaturated/α-hetero) is 2. The maximum Gasteiger partial charge on any atom is 0.255 e. The van der Waals surface area contributed by atoms with Crippen LogP contribution in [0.15, 0.2) is 23.0 Å². The van der Waals surface area contributed by atoms with Crippen LogP contribution in [-0.4, -0.2) is 88.5 Å². The van der Waals surface area contributed by atoms with Gasteiger partial charge in [-0.2, -0.15) is 0 Å². The van der Waals surface area contributed by atoms with E-state index in [1.165, 1.54) is 4.90 Å². The molecule has 4 atom stereocenters. The Morgan fingerprint density at radius 3 is 2.26 bits per heavy atom. The molecule has 12 nitrogen and oxygen atoms in total. The molecule has 3 aliphatic rings. The summed E-state index contributed by atoms with van der Waals surface area (Å²) in [5.41, 5.74) is 8.30. The van der Waals surface area contributed by atoms with Crippen LogP contribution < -0.4 is 16.4 Å². The van der Waals surface area contributed by atoms with Gasteiger partial charge in [0.25, 0.3) is 5.91 Å². The highest BCUT2D eigenvalue weighted by atomic mass is 16.3. The summed E-state index contributed by atoms with van der Waals surface area (Å²) in [7, 11) is 6.62. The first-order chi connectivity index (χ1) is 17.6. The zero-order chi connectivity index (χ0) is 28.4. The van der Waals surface area contributed by atoms with Crippen molar-refractivity contribution in [1.29, 1.82) is 0 Å². The number of aryl methyl sites for hydroxylation is 1. The molecule has 4 rings (SSSR count). The molecule has 0 radical (unpaired) electrons. The van der Waals surface area contributed by atoms with Crippen LogP contribution in [0.4, 0.5) is 5.69 Å². The first-order valence-corrected chi connectivity index (χ1v) is 12.1. The highest BCUT2D eigenvalue weighted by molar-refractivity contribution is 6.24. The summed E-state index contributed by atoms with van der Waals surface area (Å²) >= 11 is 0. The van der Waals surface area contributed by atoms with Gasteiger partial charge in [0.05, 0.1) is 11.6 Å². The number of likely N-dealkylation sites (N-methyl/N-ethyl adjacent to an activating group) is 1.